The lowest BCUT2D eigenvalue weighted by Crippen LogP contribution is -2.44. The van der Waals surface area contributed by atoms with Crippen LogP contribution in [0.1, 0.15) is 46.1 Å². The molecule has 1 unspecified atom stereocenters. The third kappa shape index (κ3) is 1.85. The Labute approximate surface area is 121 Å². The van der Waals surface area contributed by atoms with Crippen molar-refractivity contribution in [2.45, 2.75) is 44.1 Å². The predicted molar refractivity (Wildman–Crippen MR) is 74.8 cm³/mol. The number of nitrogens with one attached hydrogen (secondary N) is 1. The van der Waals surface area contributed by atoms with E-state index in [0.717, 1.165) is 37.9 Å². The molecule has 1 aromatic heterocycles. The summed E-state index contributed by atoms with van der Waals surface area (Å²) in [5.74, 6) is 0.162. The summed E-state index contributed by atoms with van der Waals surface area (Å²) in [5.41, 5.74) is 0.966. The molecule has 20 heavy (non-hydrogen) atoms. The number of aromatic nitrogens is 1. The van der Waals surface area contributed by atoms with E-state index in [1.807, 2.05) is 4.90 Å². The summed E-state index contributed by atoms with van der Waals surface area (Å²) in [6, 6.07) is 0. The van der Waals surface area contributed by atoms with E-state index in [-0.39, 0.29) is 17.4 Å². The molecule has 2 fully saturated rings. The fourth-order valence-electron chi connectivity index (χ4n) is 3.54. The highest BCUT2D eigenvalue weighted by Crippen LogP contribution is 2.33. The van der Waals surface area contributed by atoms with Crippen molar-refractivity contribution in [1.29, 1.82) is 0 Å². The number of carbonyl (C=O) groups is 2. The summed E-state index contributed by atoms with van der Waals surface area (Å²) in [6.07, 6.45) is 5.56. The Kier molecular flexibility index (Phi) is 2.64. The average molecular weight is 291 g/mol. The second kappa shape index (κ2) is 4.28. The molecule has 1 spiro atoms. The zero-order chi connectivity index (χ0) is 13.7. The first-order valence-electron chi connectivity index (χ1n) is 7.24. The minimum Gasteiger partial charge on any atom is -0.349 e. The summed E-state index contributed by atoms with van der Waals surface area (Å²) in [5, 5.41) is 3.69. The fraction of sp³-hybridized carbons (Fsp3) is 0.643. The molecule has 0 saturated carbocycles. The highest BCUT2D eigenvalue weighted by molar-refractivity contribution is 7.13. The summed E-state index contributed by atoms with van der Waals surface area (Å²) in [7, 11) is 0. The molecular weight excluding hydrogens is 274 g/mol. The van der Waals surface area contributed by atoms with E-state index in [1.165, 1.54) is 11.3 Å². The molecule has 1 aliphatic carbocycles. The predicted octanol–water partition coefficient (Wildman–Crippen LogP) is 1.13. The molecule has 3 heterocycles. The van der Waals surface area contributed by atoms with Crippen LogP contribution in [0, 0.1) is 0 Å². The highest BCUT2D eigenvalue weighted by Gasteiger charge is 2.45. The molecule has 0 radical (unpaired) electrons. The highest BCUT2D eigenvalue weighted by atomic mass is 32.1. The van der Waals surface area contributed by atoms with Crippen LogP contribution in [0.3, 0.4) is 0 Å². The van der Waals surface area contributed by atoms with Crippen LogP contribution in [0.5, 0.6) is 0 Å². The van der Waals surface area contributed by atoms with Gasteiger partial charge in [0.15, 0.2) is 5.01 Å². The van der Waals surface area contributed by atoms with Gasteiger partial charge in [0.2, 0.25) is 5.91 Å². The van der Waals surface area contributed by atoms with Crippen LogP contribution in [0.4, 0.5) is 0 Å². The number of aryl methyl sites for hydroxylation is 2. The zero-order valence-corrected chi connectivity index (χ0v) is 12.1. The van der Waals surface area contributed by atoms with Gasteiger partial charge in [-0.25, -0.2) is 4.98 Å². The Balaban J connectivity index is 1.51. The van der Waals surface area contributed by atoms with Gasteiger partial charge in [0.1, 0.15) is 0 Å². The molecule has 1 aromatic rings. The summed E-state index contributed by atoms with van der Waals surface area (Å²) < 4.78 is 0. The first-order chi connectivity index (χ1) is 9.65. The maximum absolute atomic E-state index is 12.5. The quantitative estimate of drug-likeness (QED) is 0.843. The Morgan fingerprint density at radius 3 is 2.95 bits per heavy atom. The second-order valence-electron chi connectivity index (χ2n) is 6.05. The van der Waals surface area contributed by atoms with Crippen LogP contribution in [0.25, 0.3) is 0 Å². The van der Waals surface area contributed by atoms with Gasteiger partial charge in [-0.05, 0) is 32.1 Å². The number of likely N-dealkylation sites (tertiary alicyclic amines) is 1. The van der Waals surface area contributed by atoms with Crippen LogP contribution in [-0.2, 0) is 17.6 Å². The summed E-state index contributed by atoms with van der Waals surface area (Å²) >= 11 is 1.56. The van der Waals surface area contributed by atoms with Crippen molar-refractivity contribution in [2.24, 2.45) is 0 Å². The Bertz CT molecular complexity index is 576. The molecule has 0 aromatic carbocycles. The van der Waals surface area contributed by atoms with Crippen molar-refractivity contribution in [2.75, 3.05) is 13.1 Å². The molecule has 6 heteroatoms. The van der Waals surface area contributed by atoms with Crippen molar-refractivity contribution in [3.8, 4) is 0 Å². The van der Waals surface area contributed by atoms with Crippen molar-refractivity contribution < 1.29 is 9.59 Å². The molecule has 5 nitrogen and oxygen atoms in total. The number of hydrogen-bond acceptors (Lipinski definition) is 4. The van der Waals surface area contributed by atoms with Gasteiger partial charge in [-0.3, -0.25) is 9.59 Å². The van der Waals surface area contributed by atoms with Crippen LogP contribution in [0.15, 0.2) is 0 Å². The molecule has 0 bridgehead atoms. The number of hydrogen-bond donors (Lipinski definition) is 1. The number of rotatable bonds is 1. The molecule has 2 saturated heterocycles. The van der Waals surface area contributed by atoms with Gasteiger partial charge in [-0.1, -0.05) is 0 Å². The van der Waals surface area contributed by atoms with Crippen molar-refractivity contribution in [3.63, 3.8) is 0 Å². The van der Waals surface area contributed by atoms with Crippen molar-refractivity contribution in [1.82, 2.24) is 15.2 Å². The smallest absolute Gasteiger partial charge is 0.282 e. The monoisotopic (exact) mass is 291 g/mol. The van der Waals surface area contributed by atoms with Crippen molar-refractivity contribution in [3.05, 3.63) is 15.6 Å². The van der Waals surface area contributed by atoms with E-state index < -0.39 is 0 Å². The van der Waals surface area contributed by atoms with Crippen LogP contribution in [-0.4, -0.2) is 40.3 Å². The van der Waals surface area contributed by atoms with Gasteiger partial charge in [-0.15, -0.1) is 11.3 Å². The van der Waals surface area contributed by atoms with E-state index in [4.69, 9.17) is 0 Å². The molecule has 2 amide bonds. The molecule has 3 aliphatic rings. The van der Waals surface area contributed by atoms with Crippen LogP contribution < -0.4 is 5.32 Å². The van der Waals surface area contributed by atoms with Gasteiger partial charge in [0, 0.05) is 24.4 Å². The second-order valence-corrected chi connectivity index (χ2v) is 7.13. The zero-order valence-electron chi connectivity index (χ0n) is 11.3. The third-order valence-electron chi connectivity index (χ3n) is 4.65. The molecule has 2 aliphatic heterocycles. The standard InChI is InChI=1S/C14H17N3O2S/c18-11-4-5-14(16-11)6-7-17(8-14)13(19)12-15-9-2-1-3-10(9)20-12/h1-8H2,(H,16,18). The third-order valence-corrected chi connectivity index (χ3v) is 5.80. The number of nitrogens with zero attached hydrogens (tertiary/aromatic N) is 2. The van der Waals surface area contributed by atoms with Crippen LogP contribution in [0.2, 0.25) is 0 Å². The van der Waals surface area contributed by atoms with Gasteiger partial charge in [-0.2, -0.15) is 0 Å². The lowest BCUT2D eigenvalue weighted by molar-refractivity contribution is -0.119. The van der Waals surface area contributed by atoms with E-state index in [0.29, 0.717) is 18.0 Å². The van der Waals surface area contributed by atoms with Crippen molar-refractivity contribution >= 4 is 23.2 Å². The number of thiazole rings is 1. The van der Waals surface area contributed by atoms with E-state index in [9.17, 15) is 9.59 Å². The maximum Gasteiger partial charge on any atom is 0.282 e. The molecule has 1 N–H and O–H groups in total. The lowest BCUT2D eigenvalue weighted by atomic mass is 9.97. The topological polar surface area (TPSA) is 62.3 Å². The van der Waals surface area contributed by atoms with E-state index in [2.05, 4.69) is 10.3 Å². The van der Waals surface area contributed by atoms with Gasteiger partial charge in [0.05, 0.1) is 11.2 Å². The Morgan fingerprint density at radius 1 is 1.30 bits per heavy atom. The Hall–Kier alpha value is -1.43. The number of fused-ring (bicyclic) bond motifs is 1. The normalized spacial score (nSPS) is 28.2. The van der Waals surface area contributed by atoms with Gasteiger partial charge < -0.3 is 10.2 Å². The minimum atomic E-state index is -0.160. The first kappa shape index (κ1) is 12.3. The number of carbonyl (C=O) groups excluding carboxylic acids is 2. The molecular formula is C14H17N3O2S. The molecule has 4 rings (SSSR count). The average Bonchev–Trinajstić information content (AvgIpc) is 3.14. The van der Waals surface area contributed by atoms with Crippen LogP contribution >= 0.6 is 11.3 Å². The molecule has 106 valence electrons. The van der Waals surface area contributed by atoms with Gasteiger partial charge >= 0.3 is 0 Å². The fourth-order valence-corrected chi connectivity index (χ4v) is 4.66. The minimum absolute atomic E-state index is 0.0439. The molecule has 1 atom stereocenters. The largest absolute Gasteiger partial charge is 0.349 e. The summed E-state index contributed by atoms with van der Waals surface area (Å²) in [4.78, 5) is 31.6. The lowest BCUT2D eigenvalue weighted by Gasteiger charge is -2.23. The van der Waals surface area contributed by atoms with E-state index in [1.54, 1.807) is 11.3 Å². The SMILES string of the molecule is O=C1CCC2(CCN(C(=O)c3nc4c(s3)CCC4)C2)N1. The van der Waals surface area contributed by atoms with E-state index >= 15 is 0 Å². The summed E-state index contributed by atoms with van der Waals surface area (Å²) in [6.45, 7) is 1.37. The Morgan fingerprint density at radius 2 is 2.20 bits per heavy atom. The first-order valence-corrected chi connectivity index (χ1v) is 8.06. The van der Waals surface area contributed by atoms with Gasteiger partial charge in [0.25, 0.3) is 5.91 Å². The number of amides is 2. The maximum atomic E-state index is 12.5.